The molecule has 0 amide bonds. The van der Waals surface area contributed by atoms with Crippen molar-refractivity contribution < 1.29 is 27.4 Å². The second kappa shape index (κ2) is 6.30. The van der Waals surface area contributed by atoms with Crippen molar-refractivity contribution in [3.05, 3.63) is 59.4 Å². The normalized spacial score (nSPS) is 10.3. The van der Waals surface area contributed by atoms with E-state index < -0.39 is 35.6 Å². The van der Waals surface area contributed by atoms with E-state index in [1.807, 2.05) is 0 Å². The maximum absolute atomic E-state index is 13.4. The zero-order valence-electron chi connectivity index (χ0n) is 11.0. The van der Waals surface area contributed by atoms with Gasteiger partial charge in [-0.05, 0) is 30.3 Å². The summed E-state index contributed by atoms with van der Waals surface area (Å²) in [7, 11) is 1.33. The predicted molar refractivity (Wildman–Crippen MR) is 69.1 cm³/mol. The van der Waals surface area contributed by atoms with E-state index in [0.717, 1.165) is 18.2 Å². The van der Waals surface area contributed by atoms with Crippen LogP contribution in [0.25, 0.3) is 0 Å². The van der Waals surface area contributed by atoms with E-state index in [1.165, 1.54) is 25.3 Å². The summed E-state index contributed by atoms with van der Waals surface area (Å²) >= 11 is 0. The molecule has 0 aliphatic rings. The van der Waals surface area contributed by atoms with Gasteiger partial charge in [0.2, 0.25) is 11.6 Å². The molecule has 0 fully saturated rings. The summed E-state index contributed by atoms with van der Waals surface area (Å²) in [5.74, 6) is -3.71. The number of carbonyl (C=O) groups is 1. The van der Waals surface area contributed by atoms with Crippen LogP contribution < -0.4 is 9.47 Å². The molecule has 2 aromatic carbocycles. The Morgan fingerprint density at radius 2 is 1.86 bits per heavy atom. The van der Waals surface area contributed by atoms with Crippen molar-refractivity contribution in [2.75, 3.05) is 13.7 Å². The molecule has 2 aromatic rings. The molecule has 21 heavy (non-hydrogen) atoms. The van der Waals surface area contributed by atoms with Gasteiger partial charge in [0.1, 0.15) is 11.6 Å². The number of methoxy groups -OCH3 is 1. The lowest BCUT2D eigenvalue weighted by atomic mass is 10.1. The predicted octanol–water partition coefficient (Wildman–Crippen LogP) is 3.37. The van der Waals surface area contributed by atoms with Crippen LogP contribution in [0.15, 0.2) is 36.4 Å². The van der Waals surface area contributed by atoms with Gasteiger partial charge in [-0.25, -0.2) is 8.78 Å². The molecule has 0 aliphatic carbocycles. The molecule has 0 bridgehead atoms. The summed E-state index contributed by atoms with van der Waals surface area (Å²) in [5, 5.41) is 0. The van der Waals surface area contributed by atoms with E-state index in [9.17, 15) is 18.0 Å². The SMILES string of the molecule is COc1ccc(F)cc1C(=O)COc1cccc(F)c1F. The highest BCUT2D eigenvalue weighted by atomic mass is 19.2. The number of hydrogen-bond acceptors (Lipinski definition) is 3. The third-order valence-corrected chi connectivity index (χ3v) is 2.74. The molecule has 0 N–H and O–H groups in total. The highest BCUT2D eigenvalue weighted by Gasteiger charge is 2.16. The highest BCUT2D eigenvalue weighted by Crippen LogP contribution is 2.22. The molecule has 0 radical (unpaired) electrons. The lowest BCUT2D eigenvalue weighted by Gasteiger charge is -2.09. The summed E-state index contributed by atoms with van der Waals surface area (Å²) < 4.78 is 49.4. The molecule has 2 rings (SSSR count). The molecule has 0 aromatic heterocycles. The van der Waals surface area contributed by atoms with E-state index in [4.69, 9.17) is 9.47 Å². The van der Waals surface area contributed by atoms with Crippen LogP contribution in [0.4, 0.5) is 13.2 Å². The fourth-order valence-corrected chi connectivity index (χ4v) is 1.71. The molecule has 0 atom stereocenters. The number of rotatable bonds is 5. The first-order chi connectivity index (χ1) is 10.0. The second-order valence-electron chi connectivity index (χ2n) is 4.11. The summed E-state index contributed by atoms with van der Waals surface area (Å²) in [4.78, 5) is 12.0. The van der Waals surface area contributed by atoms with E-state index in [0.29, 0.717) is 0 Å². The van der Waals surface area contributed by atoms with Crippen LogP contribution >= 0.6 is 0 Å². The summed E-state index contributed by atoms with van der Waals surface area (Å²) in [6, 6.07) is 6.80. The number of benzene rings is 2. The van der Waals surface area contributed by atoms with Gasteiger partial charge in [-0.1, -0.05) is 6.07 Å². The number of ketones is 1. The average Bonchev–Trinajstić information content (AvgIpc) is 2.48. The quantitative estimate of drug-likeness (QED) is 0.794. The number of ether oxygens (including phenoxy) is 2. The van der Waals surface area contributed by atoms with Crippen molar-refractivity contribution in [2.24, 2.45) is 0 Å². The average molecular weight is 296 g/mol. The molecule has 0 spiro atoms. The van der Waals surface area contributed by atoms with Crippen molar-refractivity contribution in [3.63, 3.8) is 0 Å². The van der Waals surface area contributed by atoms with E-state index in [-0.39, 0.29) is 11.3 Å². The van der Waals surface area contributed by atoms with Gasteiger partial charge in [0.25, 0.3) is 0 Å². The van der Waals surface area contributed by atoms with Crippen molar-refractivity contribution in [1.29, 1.82) is 0 Å². The standard InChI is InChI=1S/C15H11F3O3/c1-20-13-6-5-9(16)7-10(13)12(19)8-21-14-4-2-3-11(17)15(14)18/h2-7H,8H2,1H3. The minimum atomic E-state index is -1.18. The van der Waals surface area contributed by atoms with E-state index >= 15 is 0 Å². The molecule has 0 saturated carbocycles. The Labute approximate surface area is 118 Å². The molecule has 110 valence electrons. The van der Waals surface area contributed by atoms with Crippen molar-refractivity contribution in [1.82, 2.24) is 0 Å². The van der Waals surface area contributed by atoms with Gasteiger partial charge >= 0.3 is 0 Å². The van der Waals surface area contributed by atoms with Crippen LogP contribution in [0.3, 0.4) is 0 Å². The van der Waals surface area contributed by atoms with Gasteiger partial charge in [0, 0.05) is 0 Å². The van der Waals surface area contributed by atoms with E-state index in [1.54, 1.807) is 0 Å². The Bertz CT molecular complexity index is 671. The Morgan fingerprint density at radius 1 is 1.10 bits per heavy atom. The van der Waals surface area contributed by atoms with Gasteiger partial charge in [0.05, 0.1) is 12.7 Å². The smallest absolute Gasteiger partial charge is 0.204 e. The number of Topliss-reactive ketones (excluding diaryl/α,β-unsaturated/α-hetero) is 1. The Morgan fingerprint density at radius 3 is 2.57 bits per heavy atom. The molecular formula is C15H11F3O3. The first-order valence-corrected chi connectivity index (χ1v) is 5.96. The summed E-state index contributed by atoms with van der Waals surface area (Å²) in [5.41, 5.74) is -0.0330. The minimum Gasteiger partial charge on any atom is -0.496 e. The van der Waals surface area contributed by atoms with Crippen LogP contribution in [0.5, 0.6) is 11.5 Å². The van der Waals surface area contributed by atoms with Crippen LogP contribution in [0, 0.1) is 17.5 Å². The van der Waals surface area contributed by atoms with Crippen LogP contribution in [-0.4, -0.2) is 19.5 Å². The number of hydrogen-bond donors (Lipinski definition) is 0. The third kappa shape index (κ3) is 3.34. The van der Waals surface area contributed by atoms with Gasteiger partial charge < -0.3 is 9.47 Å². The molecular weight excluding hydrogens is 285 g/mol. The molecule has 0 heterocycles. The fraction of sp³-hybridized carbons (Fsp3) is 0.133. The number of carbonyl (C=O) groups excluding carboxylic acids is 1. The maximum Gasteiger partial charge on any atom is 0.204 e. The summed E-state index contributed by atoms with van der Waals surface area (Å²) in [6.45, 7) is -0.569. The topological polar surface area (TPSA) is 35.5 Å². The Balaban J connectivity index is 2.15. The zero-order chi connectivity index (χ0) is 15.4. The van der Waals surface area contributed by atoms with Crippen LogP contribution in [-0.2, 0) is 0 Å². The first-order valence-electron chi connectivity index (χ1n) is 5.96. The molecule has 0 saturated heterocycles. The van der Waals surface area contributed by atoms with Crippen LogP contribution in [0.1, 0.15) is 10.4 Å². The molecule has 0 unspecified atom stereocenters. The third-order valence-electron chi connectivity index (χ3n) is 2.74. The molecule has 6 heteroatoms. The summed E-state index contributed by atoms with van der Waals surface area (Å²) in [6.07, 6.45) is 0. The van der Waals surface area contributed by atoms with Crippen molar-refractivity contribution in [2.45, 2.75) is 0 Å². The maximum atomic E-state index is 13.4. The Hall–Kier alpha value is -2.50. The molecule has 3 nitrogen and oxygen atoms in total. The fourth-order valence-electron chi connectivity index (χ4n) is 1.71. The van der Waals surface area contributed by atoms with Gasteiger partial charge in [-0.2, -0.15) is 4.39 Å². The monoisotopic (exact) mass is 296 g/mol. The van der Waals surface area contributed by atoms with Gasteiger partial charge in [-0.15, -0.1) is 0 Å². The lowest BCUT2D eigenvalue weighted by Crippen LogP contribution is -2.14. The second-order valence-corrected chi connectivity index (χ2v) is 4.11. The zero-order valence-corrected chi connectivity index (χ0v) is 11.0. The lowest BCUT2D eigenvalue weighted by molar-refractivity contribution is 0.0914. The largest absolute Gasteiger partial charge is 0.496 e. The number of halogens is 3. The van der Waals surface area contributed by atoms with Crippen molar-refractivity contribution >= 4 is 5.78 Å². The first kappa shape index (κ1) is 14.9. The van der Waals surface area contributed by atoms with Crippen LogP contribution in [0.2, 0.25) is 0 Å². The molecule has 0 aliphatic heterocycles. The minimum absolute atomic E-state index is 0.0330. The van der Waals surface area contributed by atoms with Gasteiger partial charge in [-0.3, -0.25) is 4.79 Å². The van der Waals surface area contributed by atoms with Crippen molar-refractivity contribution in [3.8, 4) is 11.5 Å². The Kier molecular flexibility index (Phi) is 4.47. The highest BCUT2D eigenvalue weighted by molar-refractivity contribution is 5.99. The van der Waals surface area contributed by atoms with Gasteiger partial charge in [0.15, 0.2) is 18.2 Å². The van der Waals surface area contributed by atoms with E-state index in [2.05, 4.69) is 0 Å².